The molecule has 23 heavy (non-hydrogen) atoms. The maximum atomic E-state index is 12.1. The van der Waals surface area contributed by atoms with Gasteiger partial charge in [-0.05, 0) is 34.4 Å². The van der Waals surface area contributed by atoms with Crippen LogP contribution >= 0.6 is 0 Å². The van der Waals surface area contributed by atoms with Gasteiger partial charge in [0.05, 0.1) is 19.9 Å². The Labute approximate surface area is 132 Å². The van der Waals surface area contributed by atoms with Crippen LogP contribution in [0.15, 0.2) is 30.2 Å². The molecule has 1 aromatic rings. The van der Waals surface area contributed by atoms with E-state index < -0.39 is 0 Å². The Balaban J connectivity index is 2.25. The number of carbonyl (C=O) groups is 1. The minimum atomic E-state index is -0.296. The van der Waals surface area contributed by atoms with Gasteiger partial charge in [0.1, 0.15) is 0 Å². The van der Waals surface area contributed by atoms with Gasteiger partial charge in [-0.1, -0.05) is 6.08 Å². The number of Topliss-reactive ketones (excluding diaryl/α,β-unsaturated/α-hetero) is 1. The van der Waals surface area contributed by atoms with Crippen molar-refractivity contribution in [2.75, 3.05) is 14.2 Å². The maximum Gasteiger partial charge on any atom is 0.201 e. The van der Waals surface area contributed by atoms with Crippen molar-refractivity contribution >= 4 is 22.6 Å². The van der Waals surface area contributed by atoms with Gasteiger partial charge in [-0.15, -0.1) is 0 Å². The van der Waals surface area contributed by atoms with Gasteiger partial charge in [0.15, 0.2) is 17.3 Å². The van der Waals surface area contributed by atoms with Gasteiger partial charge >= 0.3 is 0 Å². The van der Waals surface area contributed by atoms with Gasteiger partial charge in [-0.3, -0.25) is 4.79 Å². The molecule has 1 aromatic carbocycles. The van der Waals surface area contributed by atoms with E-state index in [1.54, 1.807) is 20.3 Å². The topological polar surface area (TPSA) is 71.6 Å². The molecule has 0 unspecified atom stereocenters. The van der Waals surface area contributed by atoms with Crippen LogP contribution in [-0.4, -0.2) is 30.1 Å². The average Bonchev–Trinajstić information content (AvgIpc) is 2.79. The van der Waals surface area contributed by atoms with E-state index in [1.807, 2.05) is 18.3 Å². The quantitative estimate of drug-likeness (QED) is 0.762. The third kappa shape index (κ3) is 1.76. The third-order valence-corrected chi connectivity index (χ3v) is 4.37. The summed E-state index contributed by atoms with van der Waals surface area (Å²) in [6.07, 6.45) is 5.19. The van der Waals surface area contributed by atoms with Crippen molar-refractivity contribution in [2.24, 2.45) is 0 Å². The molecule has 0 radical (unpaired) electrons. The molecule has 0 spiro atoms. The molecule has 1 aliphatic heterocycles. The Bertz CT molecular complexity index is 996. The first-order valence-corrected chi connectivity index (χ1v) is 7.26. The number of H-pyrrole nitrogens is 1. The molecule has 4 rings (SSSR count). The normalized spacial score (nSPS) is 14.3. The molecule has 1 heterocycles. The van der Waals surface area contributed by atoms with Gasteiger partial charge < -0.3 is 19.6 Å². The number of ether oxygens (including phenoxy) is 2. The Kier molecular flexibility index (Phi) is 2.84. The lowest BCUT2D eigenvalue weighted by molar-refractivity contribution is -0.117. The Morgan fingerprint density at radius 2 is 2.04 bits per heavy atom. The maximum absolute atomic E-state index is 12.1. The van der Waals surface area contributed by atoms with E-state index in [-0.39, 0.29) is 18.0 Å². The first-order valence-electron chi connectivity index (χ1n) is 7.26. The fourth-order valence-electron chi connectivity index (χ4n) is 3.36. The van der Waals surface area contributed by atoms with Gasteiger partial charge in [-0.2, -0.15) is 0 Å². The van der Waals surface area contributed by atoms with Crippen LogP contribution < -0.4 is 14.7 Å². The molecule has 0 saturated carbocycles. The van der Waals surface area contributed by atoms with E-state index in [9.17, 15) is 9.90 Å². The number of nitrogens with one attached hydrogen (secondary N) is 1. The van der Waals surface area contributed by atoms with Crippen molar-refractivity contribution < 1.29 is 19.4 Å². The highest BCUT2D eigenvalue weighted by Gasteiger charge is 2.27. The van der Waals surface area contributed by atoms with Crippen molar-refractivity contribution in [3.05, 3.63) is 40.9 Å². The number of aliphatic hydroxyl groups excluding tert-OH is 1. The van der Waals surface area contributed by atoms with Crippen LogP contribution in [0.25, 0.3) is 28.1 Å². The van der Waals surface area contributed by atoms with Crippen LogP contribution in [0.5, 0.6) is 11.5 Å². The third-order valence-electron chi connectivity index (χ3n) is 4.37. The van der Waals surface area contributed by atoms with Crippen LogP contribution in [-0.2, 0) is 11.2 Å². The fourth-order valence-corrected chi connectivity index (χ4v) is 3.36. The Hall–Kier alpha value is -2.95. The summed E-state index contributed by atoms with van der Waals surface area (Å²) in [6.45, 7) is 0. The summed E-state index contributed by atoms with van der Waals surface area (Å²) >= 11 is 0. The molecule has 2 aliphatic carbocycles. The number of aromatic amines is 1. The first kappa shape index (κ1) is 13.7. The molecule has 5 nitrogen and oxygen atoms in total. The number of hydrogen-bond donors (Lipinski definition) is 2. The molecule has 0 fully saturated rings. The molecule has 3 aliphatic rings. The summed E-state index contributed by atoms with van der Waals surface area (Å²) in [5.41, 5.74) is 2.76. The smallest absolute Gasteiger partial charge is 0.201 e. The fraction of sp³-hybridized carbons (Fsp3) is 0.167. The highest BCUT2D eigenvalue weighted by atomic mass is 16.5. The number of fused-ring (bicyclic) bond motifs is 3. The molecular formula is C18H15NO4. The molecule has 2 N–H and O–H groups in total. The van der Waals surface area contributed by atoms with Crippen LogP contribution in [0.2, 0.25) is 0 Å². The summed E-state index contributed by atoms with van der Waals surface area (Å²) in [5, 5.41) is 12.5. The number of allylic oxidation sites excluding steroid dienone is 2. The van der Waals surface area contributed by atoms with Crippen molar-refractivity contribution in [3.8, 4) is 22.8 Å². The van der Waals surface area contributed by atoms with Crippen LogP contribution in [0.3, 0.4) is 0 Å². The van der Waals surface area contributed by atoms with E-state index in [0.717, 1.165) is 32.8 Å². The number of hydrogen-bond acceptors (Lipinski definition) is 4. The van der Waals surface area contributed by atoms with Gasteiger partial charge in [0.25, 0.3) is 0 Å². The second kappa shape index (κ2) is 4.78. The molecule has 5 heteroatoms. The number of pyridine rings is 1. The second-order valence-corrected chi connectivity index (χ2v) is 5.51. The summed E-state index contributed by atoms with van der Waals surface area (Å²) in [7, 11) is 3.20. The SMILES string of the molecule is COc1cc2cc[nH]c3c4c(c(c1OC)c2-3)=CC=C(O)C(=O)C4. The van der Waals surface area contributed by atoms with Crippen LogP contribution in [0.1, 0.15) is 5.56 Å². The number of methoxy groups -OCH3 is 2. The molecule has 0 amide bonds. The van der Waals surface area contributed by atoms with E-state index in [2.05, 4.69) is 4.98 Å². The molecule has 0 aromatic heterocycles. The van der Waals surface area contributed by atoms with Gasteiger partial charge in [0.2, 0.25) is 5.78 Å². The number of rotatable bonds is 2. The zero-order chi connectivity index (χ0) is 16.1. The number of aliphatic hydroxyl groups is 1. The van der Waals surface area contributed by atoms with E-state index in [1.165, 1.54) is 6.08 Å². The van der Waals surface area contributed by atoms with Crippen molar-refractivity contribution in [1.82, 2.24) is 4.98 Å². The molecule has 0 atom stereocenters. The average molecular weight is 309 g/mol. The standard InChI is InChI=1S/C18H15NO4/c1-22-14-7-9-5-6-19-17-11-8-13(21)12(20)4-3-10(11)16(15(9)17)18(14)23-2/h3-7,19-20H,8H2,1-2H3. The van der Waals surface area contributed by atoms with Crippen molar-refractivity contribution in [3.63, 3.8) is 0 Å². The summed E-state index contributed by atoms with van der Waals surface area (Å²) in [4.78, 5) is 15.3. The molecular weight excluding hydrogens is 294 g/mol. The molecule has 0 saturated heterocycles. The lowest BCUT2D eigenvalue weighted by atomic mass is 10.0. The summed E-state index contributed by atoms with van der Waals surface area (Å²) < 4.78 is 11.0. The zero-order valence-electron chi connectivity index (χ0n) is 12.8. The first-order chi connectivity index (χ1) is 11.2. The van der Waals surface area contributed by atoms with Crippen LogP contribution in [0.4, 0.5) is 0 Å². The monoisotopic (exact) mass is 309 g/mol. The van der Waals surface area contributed by atoms with Gasteiger partial charge in [-0.25, -0.2) is 0 Å². The number of benzene rings is 1. The van der Waals surface area contributed by atoms with Crippen LogP contribution in [0, 0.1) is 0 Å². The minimum Gasteiger partial charge on any atom is -0.504 e. The van der Waals surface area contributed by atoms with Crippen molar-refractivity contribution in [1.29, 1.82) is 0 Å². The van der Waals surface area contributed by atoms with E-state index >= 15 is 0 Å². The highest BCUT2D eigenvalue weighted by molar-refractivity contribution is 6.08. The van der Waals surface area contributed by atoms with E-state index in [4.69, 9.17) is 9.47 Å². The minimum absolute atomic E-state index is 0.143. The predicted molar refractivity (Wildman–Crippen MR) is 87.1 cm³/mol. The van der Waals surface area contributed by atoms with Gasteiger partial charge in [0, 0.05) is 23.6 Å². The lowest BCUT2D eigenvalue weighted by Crippen LogP contribution is -2.10. The second-order valence-electron chi connectivity index (χ2n) is 5.51. The summed E-state index contributed by atoms with van der Waals surface area (Å²) in [6, 6.07) is 3.89. The number of carbonyl (C=O) groups excluding carboxylic acids is 1. The Morgan fingerprint density at radius 3 is 2.78 bits per heavy atom. The number of aromatic nitrogens is 1. The number of ketones is 1. The Morgan fingerprint density at radius 1 is 1.22 bits per heavy atom. The molecule has 116 valence electrons. The zero-order valence-corrected chi connectivity index (χ0v) is 12.8. The van der Waals surface area contributed by atoms with E-state index in [0.29, 0.717) is 11.5 Å². The summed E-state index contributed by atoms with van der Waals surface area (Å²) in [5.74, 6) is 0.743. The lowest BCUT2D eigenvalue weighted by Gasteiger charge is -2.13. The van der Waals surface area contributed by atoms with Crippen molar-refractivity contribution in [2.45, 2.75) is 6.42 Å². The largest absolute Gasteiger partial charge is 0.504 e. The highest BCUT2D eigenvalue weighted by Crippen LogP contribution is 2.44. The predicted octanol–water partition coefficient (Wildman–Crippen LogP) is 2.36. The molecule has 0 bridgehead atoms.